The average molecular weight is 457 g/mol. The van der Waals surface area contributed by atoms with Crippen LogP contribution in [-0.2, 0) is 4.74 Å². The molecular weight excluding hydrogens is 444 g/mol. The van der Waals surface area contributed by atoms with Crippen molar-refractivity contribution >= 4 is 50.7 Å². The number of furan rings is 1. The lowest BCUT2D eigenvalue weighted by Gasteiger charge is -2.00. The highest BCUT2D eigenvalue weighted by Crippen LogP contribution is 2.31. The van der Waals surface area contributed by atoms with Crippen LogP contribution < -0.4 is 4.80 Å². The quantitative estimate of drug-likeness (QED) is 0.232. The number of rotatable bonds is 7. The van der Waals surface area contributed by atoms with Gasteiger partial charge in [-0.05, 0) is 34.1 Å². The fourth-order valence-corrected chi connectivity index (χ4v) is 4.32. The Morgan fingerprint density at radius 1 is 1.42 bits per heavy atom. The van der Waals surface area contributed by atoms with Crippen LogP contribution in [0.4, 0.5) is 5.88 Å². The van der Waals surface area contributed by atoms with Crippen LogP contribution in [0.1, 0.15) is 5.76 Å². The van der Waals surface area contributed by atoms with Crippen molar-refractivity contribution in [3.8, 4) is 10.6 Å². The van der Waals surface area contributed by atoms with E-state index in [4.69, 9.17) is 9.15 Å². The van der Waals surface area contributed by atoms with Crippen LogP contribution in [0, 0.1) is 10.1 Å². The molecule has 0 saturated heterocycles. The SMILES string of the molecule is COCCN=c1scc(-c2ccc(Br)s2)n1/N=C/c1ccc([N+](=O)[O-])o1. The van der Waals surface area contributed by atoms with Crippen molar-refractivity contribution in [3.05, 3.63) is 54.1 Å². The summed E-state index contributed by atoms with van der Waals surface area (Å²) in [6.45, 7) is 1.01. The second kappa shape index (κ2) is 8.54. The number of nitrogens with zero attached hydrogens (tertiary/aromatic N) is 4. The van der Waals surface area contributed by atoms with E-state index in [1.54, 1.807) is 23.1 Å². The van der Waals surface area contributed by atoms with Crippen molar-refractivity contribution < 1.29 is 14.1 Å². The third kappa shape index (κ3) is 4.36. The van der Waals surface area contributed by atoms with Gasteiger partial charge in [-0.2, -0.15) is 5.10 Å². The Morgan fingerprint density at radius 3 is 2.92 bits per heavy atom. The summed E-state index contributed by atoms with van der Waals surface area (Å²) in [5.41, 5.74) is 0.874. The number of ether oxygens (including phenoxy) is 1. The number of aromatic nitrogens is 1. The van der Waals surface area contributed by atoms with E-state index in [-0.39, 0.29) is 11.6 Å². The van der Waals surface area contributed by atoms with Gasteiger partial charge in [-0.1, -0.05) is 0 Å². The van der Waals surface area contributed by atoms with Gasteiger partial charge in [-0.3, -0.25) is 15.1 Å². The molecule has 0 atom stereocenters. The van der Waals surface area contributed by atoms with Gasteiger partial charge in [0.15, 0.2) is 5.76 Å². The molecule has 0 fully saturated rings. The molecule has 136 valence electrons. The zero-order valence-corrected chi connectivity index (χ0v) is 16.7. The number of methoxy groups -OCH3 is 1. The summed E-state index contributed by atoms with van der Waals surface area (Å²) < 4.78 is 12.8. The molecule has 0 bridgehead atoms. The van der Waals surface area contributed by atoms with Crippen molar-refractivity contribution in [2.24, 2.45) is 10.1 Å². The summed E-state index contributed by atoms with van der Waals surface area (Å²) in [5.74, 6) is -0.0364. The lowest BCUT2D eigenvalue weighted by Crippen LogP contribution is -2.13. The van der Waals surface area contributed by atoms with Crippen molar-refractivity contribution in [1.29, 1.82) is 0 Å². The molecular formula is C15H13BrN4O4S2. The van der Waals surface area contributed by atoms with Gasteiger partial charge >= 0.3 is 5.88 Å². The molecule has 0 spiro atoms. The van der Waals surface area contributed by atoms with Crippen molar-refractivity contribution in [2.75, 3.05) is 20.3 Å². The fraction of sp³-hybridized carbons (Fsp3) is 0.200. The molecule has 0 saturated carbocycles. The van der Waals surface area contributed by atoms with Gasteiger partial charge in [-0.15, -0.1) is 22.7 Å². The summed E-state index contributed by atoms with van der Waals surface area (Å²) >= 11 is 6.49. The van der Waals surface area contributed by atoms with Crippen molar-refractivity contribution in [2.45, 2.75) is 0 Å². The molecule has 8 nitrogen and oxygen atoms in total. The minimum Gasteiger partial charge on any atom is -0.400 e. The lowest BCUT2D eigenvalue weighted by molar-refractivity contribution is -0.402. The second-order valence-corrected chi connectivity index (χ2v) is 8.17. The normalized spacial score (nSPS) is 12.3. The molecule has 0 aliphatic carbocycles. The first-order chi connectivity index (χ1) is 12.6. The van der Waals surface area contributed by atoms with E-state index >= 15 is 0 Å². The smallest absolute Gasteiger partial charge is 0.400 e. The maximum atomic E-state index is 10.7. The second-order valence-electron chi connectivity index (χ2n) is 4.87. The van der Waals surface area contributed by atoms with E-state index in [1.807, 2.05) is 17.5 Å². The molecule has 26 heavy (non-hydrogen) atoms. The highest BCUT2D eigenvalue weighted by molar-refractivity contribution is 9.11. The number of hydrogen-bond acceptors (Lipinski definition) is 8. The Morgan fingerprint density at radius 2 is 2.27 bits per heavy atom. The monoisotopic (exact) mass is 456 g/mol. The molecule has 0 aliphatic rings. The predicted octanol–water partition coefficient (Wildman–Crippen LogP) is 3.97. The van der Waals surface area contributed by atoms with Gasteiger partial charge in [0.1, 0.15) is 4.92 Å². The van der Waals surface area contributed by atoms with Crippen LogP contribution in [0.3, 0.4) is 0 Å². The van der Waals surface area contributed by atoms with Crippen LogP contribution in [0.25, 0.3) is 10.6 Å². The topological polar surface area (TPSA) is 95.2 Å². The Kier molecular flexibility index (Phi) is 6.14. The average Bonchev–Trinajstić information content (AvgIpc) is 3.32. The van der Waals surface area contributed by atoms with Gasteiger partial charge < -0.3 is 9.15 Å². The Hall–Kier alpha value is -2.08. The van der Waals surface area contributed by atoms with Crippen LogP contribution in [0.2, 0.25) is 0 Å². The van der Waals surface area contributed by atoms with Gasteiger partial charge in [0.2, 0.25) is 4.80 Å². The summed E-state index contributed by atoms with van der Waals surface area (Å²) in [5, 5.41) is 17.1. The summed E-state index contributed by atoms with van der Waals surface area (Å²) in [6, 6.07) is 6.74. The van der Waals surface area contributed by atoms with Crippen LogP contribution in [0.15, 0.2) is 47.9 Å². The van der Waals surface area contributed by atoms with E-state index < -0.39 is 4.92 Å². The molecule has 0 N–H and O–H groups in total. The first-order valence-electron chi connectivity index (χ1n) is 7.32. The summed E-state index contributed by atoms with van der Waals surface area (Å²) in [7, 11) is 1.62. The first kappa shape index (κ1) is 18.7. The van der Waals surface area contributed by atoms with Gasteiger partial charge in [0, 0.05) is 12.5 Å². The Balaban J connectivity index is 1.98. The van der Waals surface area contributed by atoms with Crippen molar-refractivity contribution in [1.82, 2.24) is 4.68 Å². The van der Waals surface area contributed by atoms with E-state index in [0.29, 0.717) is 18.0 Å². The molecule has 0 unspecified atom stereocenters. The largest absolute Gasteiger partial charge is 0.433 e. The fourth-order valence-electron chi connectivity index (χ4n) is 2.00. The first-order valence-corrected chi connectivity index (χ1v) is 9.81. The van der Waals surface area contributed by atoms with Crippen LogP contribution in [-0.4, -0.2) is 36.1 Å². The minimum atomic E-state index is -0.588. The number of hydrogen-bond donors (Lipinski definition) is 0. The minimum absolute atomic E-state index is 0.288. The summed E-state index contributed by atoms with van der Waals surface area (Å²) in [6.07, 6.45) is 1.43. The van der Waals surface area contributed by atoms with Crippen LogP contribution >= 0.6 is 38.6 Å². The van der Waals surface area contributed by atoms with Gasteiger partial charge in [-0.25, -0.2) is 4.68 Å². The van der Waals surface area contributed by atoms with E-state index in [2.05, 4.69) is 26.0 Å². The molecule has 3 aromatic heterocycles. The predicted molar refractivity (Wildman–Crippen MR) is 104 cm³/mol. The zero-order valence-electron chi connectivity index (χ0n) is 13.5. The molecule has 3 heterocycles. The van der Waals surface area contributed by atoms with Crippen molar-refractivity contribution in [3.63, 3.8) is 0 Å². The molecule has 0 aromatic carbocycles. The third-order valence-electron chi connectivity index (χ3n) is 3.15. The Bertz CT molecular complexity index is 1000. The highest BCUT2D eigenvalue weighted by Gasteiger charge is 2.12. The molecule has 0 radical (unpaired) electrons. The molecule has 3 rings (SSSR count). The number of thiazole rings is 1. The van der Waals surface area contributed by atoms with E-state index in [9.17, 15) is 10.1 Å². The standard InChI is InChI=1S/C15H13BrN4O4S2/c1-23-7-6-17-15-19(11(9-25-15)12-3-4-13(16)26-12)18-8-10-2-5-14(24-10)20(21)22/h2-5,8-9H,6-7H2,1H3/b17-15?,18-8+. The number of nitro groups is 1. The molecule has 0 aliphatic heterocycles. The number of thiophene rings is 1. The summed E-state index contributed by atoms with van der Waals surface area (Å²) in [4.78, 5) is 16.3. The molecule has 11 heteroatoms. The molecule has 0 amide bonds. The number of halogens is 1. The van der Waals surface area contributed by atoms with Gasteiger partial charge in [0.05, 0.1) is 39.8 Å². The lowest BCUT2D eigenvalue weighted by atomic mass is 10.4. The maximum absolute atomic E-state index is 10.7. The van der Waals surface area contributed by atoms with E-state index in [0.717, 1.165) is 14.4 Å². The highest BCUT2D eigenvalue weighted by atomic mass is 79.9. The Labute approximate surface area is 164 Å². The molecule has 3 aromatic rings. The van der Waals surface area contributed by atoms with E-state index in [1.165, 1.54) is 29.7 Å². The maximum Gasteiger partial charge on any atom is 0.433 e. The van der Waals surface area contributed by atoms with Gasteiger partial charge in [0.25, 0.3) is 0 Å². The van der Waals surface area contributed by atoms with Crippen LogP contribution in [0.5, 0.6) is 0 Å². The third-order valence-corrected chi connectivity index (χ3v) is 5.65. The zero-order chi connectivity index (χ0) is 18.5.